The summed E-state index contributed by atoms with van der Waals surface area (Å²) < 4.78 is 0. The fraction of sp³-hybridized carbons (Fsp3) is 0.647. The smallest absolute Gasteiger partial charge is 0.0674 e. The lowest BCUT2D eigenvalue weighted by molar-refractivity contribution is 0.246. The molecule has 1 heteroatoms. The zero-order valence-corrected chi connectivity index (χ0v) is 13.1. The summed E-state index contributed by atoms with van der Waals surface area (Å²) in [6, 6.07) is 10.6. The number of benzene rings is 1. The van der Waals surface area contributed by atoms with Gasteiger partial charge < -0.3 is 0 Å². The summed E-state index contributed by atoms with van der Waals surface area (Å²) in [7, 11) is 6.18. The molecule has 0 aliphatic carbocycles. The number of aryl methyl sites for hydroxylation is 1. The zero-order valence-electron chi connectivity index (χ0n) is 13.1. The average Bonchev–Trinajstić information content (AvgIpc) is 2.27. The first-order valence-corrected chi connectivity index (χ1v) is 7.07. The van der Waals surface area contributed by atoms with Crippen molar-refractivity contribution in [1.82, 2.24) is 0 Å². The van der Waals surface area contributed by atoms with Crippen molar-refractivity contribution < 1.29 is 0 Å². The second-order valence-electron chi connectivity index (χ2n) is 6.30. The maximum absolute atomic E-state index is 6.18. The summed E-state index contributed by atoms with van der Waals surface area (Å²) in [5.74, 6) is 0. The van der Waals surface area contributed by atoms with Crippen LogP contribution in [0.15, 0.2) is 30.3 Å². The molecule has 1 aromatic rings. The second-order valence-corrected chi connectivity index (χ2v) is 6.30. The molecule has 1 rings (SSSR count). The van der Waals surface area contributed by atoms with Gasteiger partial charge in [-0.2, -0.15) is 0 Å². The van der Waals surface area contributed by atoms with E-state index in [0.717, 1.165) is 12.8 Å². The van der Waals surface area contributed by atoms with Crippen LogP contribution in [0.2, 0.25) is 5.31 Å². The highest BCUT2D eigenvalue weighted by atomic mass is 14.3. The molecular weight excluding hydrogens is 215 g/mol. The van der Waals surface area contributed by atoms with E-state index < -0.39 is 0 Å². The van der Waals surface area contributed by atoms with Gasteiger partial charge in [0.1, 0.15) is 0 Å². The van der Waals surface area contributed by atoms with Gasteiger partial charge in [0, 0.05) is 0 Å². The van der Waals surface area contributed by atoms with Gasteiger partial charge in [-0.25, -0.2) is 0 Å². The van der Waals surface area contributed by atoms with Crippen molar-refractivity contribution in [2.75, 3.05) is 0 Å². The van der Waals surface area contributed by atoms with Gasteiger partial charge in [-0.05, 0) is 23.8 Å². The van der Waals surface area contributed by atoms with E-state index >= 15 is 0 Å². The maximum Gasteiger partial charge on any atom is 0.0746 e. The van der Waals surface area contributed by atoms with Crippen molar-refractivity contribution >= 4 is 7.85 Å². The van der Waals surface area contributed by atoms with Gasteiger partial charge in [-0.1, -0.05) is 83.6 Å². The molecule has 0 unspecified atom stereocenters. The van der Waals surface area contributed by atoms with Crippen LogP contribution in [-0.2, 0) is 6.42 Å². The summed E-state index contributed by atoms with van der Waals surface area (Å²) in [4.78, 5) is 0. The lowest BCUT2D eigenvalue weighted by atomic mass is 9.54. The zero-order chi connectivity index (χ0) is 14.2. The van der Waals surface area contributed by atoms with Gasteiger partial charge in [-0.15, -0.1) is 0 Å². The van der Waals surface area contributed by atoms with E-state index in [0.29, 0.717) is 0 Å². The normalized spacial score (nSPS) is 11.7. The van der Waals surface area contributed by atoms with Gasteiger partial charge >= 0.3 is 0 Å². The highest BCUT2D eigenvalue weighted by Gasteiger charge is 2.31. The molecule has 0 spiro atoms. The summed E-state index contributed by atoms with van der Waals surface area (Å²) in [6.45, 7) is 13.0. The summed E-state index contributed by atoms with van der Waals surface area (Å²) in [5.41, 5.74) is 1.57. The Morgan fingerprint density at radius 2 is 1.39 bits per heavy atom. The molecule has 0 nitrogen and oxygen atoms in total. The van der Waals surface area contributed by atoms with Gasteiger partial charge in [0.25, 0.3) is 0 Å². The standard InChI is InChI=1S/C14H21B.C3H8/c1-13(2,14(3,4)15)11-10-12-8-6-5-7-9-12;1-3-2/h5-9H,10-11H2,1-4H3;3H2,1-2H3. The quantitative estimate of drug-likeness (QED) is 0.619. The van der Waals surface area contributed by atoms with E-state index in [1.165, 1.54) is 12.0 Å². The monoisotopic (exact) mass is 244 g/mol. The van der Waals surface area contributed by atoms with Gasteiger partial charge in [0.2, 0.25) is 0 Å². The molecule has 0 atom stereocenters. The molecule has 0 saturated carbocycles. The summed E-state index contributed by atoms with van der Waals surface area (Å²) in [5, 5.41) is -0.123. The van der Waals surface area contributed by atoms with E-state index in [-0.39, 0.29) is 10.7 Å². The van der Waals surface area contributed by atoms with Crippen LogP contribution >= 0.6 is 0 Å². The molecule has 0 heterocycles. The summed E-state index contributed by atoms with van der Waals surface area (Å²) >= 11 is 0. The molecule has 0 amide bonds. The Balaban J connectivity index is 0.000000873. The Morgan fingerprint density at radius 1 is 0.944 bits per heavy atom. The predicted molar refractivity (Wildman–Crippen MR) is 84.3 cm³/mol. The molecular formula is C17H29B. The van der Waals surface area contributed by atoms with Crippen molar-refractivity contribution in [2.45, 2.75) is 66.1 Å². The fourth-order valence-electron chi connectivity index (χ4n) is 1.42. The molecule has 18 heavy (non-hydrogen) atoms. The number of rotatable bonds is 4. The van der Waals surface area contributed by atoms with Crippen molar-refractivity contribution in [3.05, 3.63) is 35.9 Å². The Labute approximate surface area is 116 Å². The predicted octanol–water partition coefficient (Wildman–Crippen LogP) is 5.43. The van der Waals surface area contributed by atoms with Crippen LogP contribution in [0.3, 0.4) is 0 Å². The van der Waals surface area contributed by atoms with Crippen LogP contribution in [0.4, 0.5) is 0 Å². The Bertz CT molecular complexity index is 306. The largest absolute Gasteiger partial charge is 0.0746 e. The van der Waals surface area contributed by atoms with E-state index in [1.807, 2.05) is 0 Å². The van der Waals surface area contributed by atoms with Crippen LogP contribution in [0.1, 0.15) is 59.9 Å². The van der Waals surface area contributed by atoms with Crippen molar-refractivity contribution in [3.8, 4) is 0 Å². The first-order chi connectivity index (χ1) is 8.24. The van der Waals surface area contributed by atoms with Crippen LogP contribution in [0, 0.1) is 5.41 Å². The lowest BCUT2D eigenvalue weighted by Crippen LogP contribution is -2.27. The first kappa shape index (κ1) is 17.3. The van der Waals surface area contributed by atoms with E-state index in [1.54, 1.807) is 0 Å². The third-order valence-corrected chi connectivity index (χ3v) is 3.63. The van der Waals surface area contributed by atoms with E-state index in [4.69, 9.17) is 7.85 Å². The highest BCUT2D eigenvalue weighted by Crippen LogP contribution is 2.45. The molecule has 100 valence electrons. The molecule has 2 radical (unpaired) electrons. The van der Waals surface area contributed by atoms with Crippen molar-refractivity contribution in [2.24, 2.45) is 5.41 Å². The third kappa shape index (κ3) is 6.28. The van der Waals surface area contributed by atoms with Crippen LogP contribution in [0.25, 0.3) is 0 Å². The van der Waals surface area contributed by atoms with Crippen LogP contribution in [-0.4, -0.2) is 7.85 Å². The molecule has 0 N–H and O–H groups in total. The Hall–Kier alpha value is -0.715. The van der Waals surface area contributed by atoms with Crippen molar-refractivity contribution in [1.29, 1.82) is 0 Å². The molecule has 0 bridgehead atoms. The number of hydrogen-bond donors (Lipinski definition) is 0. The second kappa shape index (κ2) is 7.66. The van der Waals surface area contributed by atoms with Crippen molar-refractivity contribution in [3.63, 3.8) is 0 Å². The average molecular weight is 244 g/mol. The number of hydrogen-bond acceptors (Lipinski definition) is 0. The molecule has 0 aromatic heterocycles. The van der Waals surface area contributed by atoms with Crippen LogP contribution in [0.5, 0.6) is 0 Å². The minimum atomic E-state index is -0.123. The van der Waals surface area contributed by atoms with Crippen LogP contribution < -0.4 is 0 Å². The molecule has 0 saturated heterocycles. The SMILES string of the molecule is CCC.[B]C(C)(C)C(C)(C)CCc1ccccc1. The minimum absolute atomic E-state index is 0.123. The minimum Gasteiger partial charge on any atom is -0.0674 e. The third-order valence-electron chi connectivity index (χ3n) is 3.63. The molecule has 0 aliphatic rings. The van der Waals surface area contributed by atoms with E-state index in [2.05, 4.69) is 71.9 Å². The fourth-order valence-corrected chi connectivity index (χ4v) is 1.42. The topological polar surface area (TPSA) is 0 Å². The molecule has 0 aliphatic heterocycles. The maximum atomic E-state index is 6.18. The highest BCUT2D eigenvalue weighted by molar-refractivity contribution is 6.15. The van der Waals surface area contributed by atoms with Gasteiger partial charge in [0.15, 0.2) is 0 Å². The van der Waals surface area contributed by atoms with E-state index in [9.17, 15) is 0 Å². The Kier molecular flexibility index (Phi) is 7.36. The molecule has 1 aromatic carbocycles. The van der Waals surface area contributed by atoms with Gasteiger partial charge in [0.05, 0.1) is 7.85 Å². The first-order valence-electron chi connectivity index (χ1n) is 7.07. The summed E-state index contributed by atoms with van der Waals surface area (Å²) in [6.07, 6.45) is 3.48. The Morgan fingerprint density at radius 3 is 1.78 bits per heavy atom. The molecule has 0 fully saturated rings. The van der Waals surface area contributed by atoms with Gasteiger partial charge in [-0.3, -0.25) is 0 Å². The lowest BCUT2D eigenvalue weighted by Gasteiger charge is -2.39.